The molecule has 21 heavy (non-hydrogen) atoms. The zero-order valence-electron chi connectivity index (χ0n) is 14.6. The van der Waals surface area contributed by atoms with Crippen molar-refractivity contribution in [3.63, 3.8) is 0 Å². The molecule has 0 spiro atoms. The van der Waals surface area contributed by atoms with Crippen molar-refractivity contribution in [1.82, 2.24) is 10.6 Å². The van der Waals surface area contributed by atoms with E-state index in [0.29, 0.717) is 23.8 Å². The largest absolute Gasteiger partial charge is 0.469 e. The van der Waals surface area contributed by atoms with Gasteiger partial charge in [0.2, 0.25) is 0 Å². The van der Waals surface area contributed by atoms with Crippen molar-refractivity contribution in [2.24, 2.45) is 23.7 Å². The van der Waals surface area contributed by atoms with Crippen molar-refractivity contribution < 1.29 is 9.53 Å². The van der Waals surface area contributed by atoms with Crippen LogP contribution in [-0.4, -0.2) is 38.3 Å². The van der Waals surface area contributed by atoms with E-state index in [0.717, 1.165) is 25.9 Å². The average Bonchev–Trinajstić information content (AvgIpc) is 2.79. The molecule has 5 atom stereocenters. The molecule has 1 rings (SSSR count). The summed E-state index contributed by atoms with van der Waals surface area (Å²) in [5.74, 6) is 1.66. The van der Waals surface area contributed by atoms with Gasteiger partial charge in [0, 0.05) is 25.2 Å². The van der Waals surface area contributed by atoms with Crippen molar-refractivity contribution >= 4 is 5.97 Å². The number of nitrogens with one attached hydrogen (secondary N) is 2. The van der Waals surface area contributed by atoms with Gasteiger partial charge in [-0.25, -0.2) is 0 Å². The number of carbonyl (C=O) groups is 1. The Morgan fingerprint density at radius 3 is 2.48 bits per heavy atom. The molecular formula is C17H34N2O2. The van der Waals surface area contributed by atoms with Crippen molar-refractivity contribution in [3.8, 4) is 0 Å². The summed E-state index contributed by atoms with van der Waals surface area (Å²) in [6.45, 7) is 13.0. The van der Waals surface area contributed by atoms with Crippen LogP contribution in [-0.2, 0) is 9.53 Å². The molecule has 0 aromatic carbocycles. The fourth-order valence-corrected chi connectivity index (χ4v) is 3.59. The lowest BCUT2D eigenvalue weighted by molar-refractivity contribution is -0.146. The van der Waals surface area contributed by atoms with Crippen LogP contribution in [0.25, 0.3) is 0 Å². The van der Waals surface area contributed by atoms with Gasteiger partial charge in [-0.3, -0.25) is 4.79 Å². The third-order valence-electron chi connectivity index (χ3n) is 5.17. The summed E-state index contributed by atoms with van der Waals surface area (Å²) in [5.41, 5.74) is 0. The Kier molecular flexibility index (Phi) is 7.67. The van der Waals surface area contributed by atoms with Gasteiger partial charge in [-0.15, -0.1) is 0 Å². The maximum atomic E-state index is 12.0. The van der Waals surface area contributed by atoms with Crippen LogP contribution in [0.1, 0.15) is 47.5 Å². The lowest BCUT2D eigenvalue weighted by Gasteiger charge is -2.26. The smallest absolute Gasteiger partial charge is 0.310 e. The molecule has 0 aromatic heterocycles. The summed E-state index contributed by atoms with van der Waals surface area (Å²) in [5, 5.41) is 7.08. The molecule has 0 aromatic rings. The minimum Gasteiger partial charge on any atom is -0.469 e. The summed E-state index contributed by atoms with van der Waals surface area (Å²) in [6, 6.07) is 0.788. The highest BCUT2D eigenvalue weighted by molar-refractivity contribution is 5.73. The molecule has 0 bridgehead atoms. The lowest BCUT2D eigenvalue weighted by atomic mass is 9.86. The van der Waals surface area contributed by atoms with Crippen molar-refractivity contribution in [2.45, 2.75) is 59.5 Å². The molecule has 1 saturated carbocycles. The molecule has 0 heterocycles. The summed E-state index contributed by atoms with van der Waals surface area (Å²) >= 11 is 0. The second-order valence-corrected chi connectivity index (χ2v) is 6.88. The Morgan fingerprint density at radius 2 is 1.95 bits per heavy atom. The highest BCUT2D eigenvalue weighted by Gasteiger charge is 2.45. The van der Waals surface area contributed by atoms with Gasteiger partial charge >= 0.3 is 5.97 Å². The highest BCUT2D eigenvalue weighted by atomic mass is 16.5. The van der Waals surface area contributed by atoms with Crippen molar-refractivity contribution in [3.05, 3.63) is 0 Å². The Bertz CT molecular complexity index is 320. The normalized spacial score (nSPS) is 30.6. The number of hydrogen-bond acceptors (Lipinski definition) is 4. The monoisotopic (exact) mass is 298 g/mol. The second-order valence-electron chi connectivity index (χ2n) is 6.88. The van der Waals surface area contributed by atoms with E-state index in [9.17, 15) is 4.79 Å². The van der Waals surface area contributed by atoms with E-state index in [-0.39, 0.29) is 17.9 Å². The van der Waals surface area contributed by atoms with E-state index in [1.54, 1.807) is 0 Å². The first-order valence-corrected chi connectivity index (χ1v) is 8.46. The van der Waals surface area contributed by atoms with E-state index >= 15 is 0 Å². The van der Waals surface area contributed by atoms with Crippen LogP contribution in [0.5, 0.6) is 0 Å². The molecule has 4 heteroatoms. The van der Waals surface area contributed by atoms with Crippen molar-refractivity contribution in [1.29, 1.82) is 0 Å². The quantitative estimate of drug-likeness (QED) is 0.534. The molecule has 0 aliphatic heterocycles. The number of rotatable bonds is 8. The maximum Gasteiger partial charge on any atom is 0.310 e. The molecule has 1 aliphatic rings. The summed E-state index contributed by atoms with van der Waals surface area (Å²) in [6.07, 6.45) is 2.09. The van der Waals surface area contributed by atoms with Crippen LogP contribution in [0, 0.1) is 23.7 Å². The first-order chi connectivity index (χ1) is 9.92. The lowest BCUT2D eigenvalue weighted by Crippen LogP contribution is -2.44. The molecule has 0 radical (unpaired) electrons. The van der Waals surface area contributed by atoms with E-state index in [2.05, 4.69) is 45.3 Å². The van der Waals surface area contributed by atoms with Gasteiger partial charge in [0.25, 0.3) is 0 Å². The molecule has 1 fully saturated rings. The topological polar surface area (TPSA) is 50.4 Å². The van der Waals surface area contributed by atoms with Crippen LogP contribution in [0.2, 0.25) is 0 Å². The number of carbonyl (C=O) groups excluding carboxylic acids is 1. The van der Waals surface area contributed by atoms with E-state index in [1.165, 1.54) is 7.11 Å². The average molecular weight is 298 g/mol. The third-order valence-corrected chi connectivity index (χ3v) is 5.17. The molecule has 2 N–H and O–H groups in total. The predicted molar refractivity (Wildman–Crippen MR) is 87.2 cm³/mol. The van der Waals surface area contributed by atoms with E-state index in [1.807, 2.05) is 0 Å². The minimum absolute atomic E-state index is 0.000925. The predicted octanol–water partition coefficient (Wildman–Crippen LogP) is 2.43. The summed E-state index contributed by atoms with van der Waals surface area (Å²) in [4.78, 5) is 12.0. The fourth-order valence-electron chi connectivity index (χ4n) is 3.59. The third kappa shape index (κ3) is 4.96. The Labute approximate surface area is 130 Å². The van der Waals surface area contributed by atoms with Crippen LogP contribution in [0.4, 0.5) is 0 Å². The minimum atomic E-state index is -0.0580. The van der Waals surface area contributed by atoms with Gasteiger partial charge in [0.15, 0.2) is 0 Å². The van der Waals surface area contributed by atoms with Gasteiger partial charge in [-0.2, -0.15) is 0 Å². The standard InChI is InChI=1S/C17H34N2O2/c1-7-12(4)18-8-9-19-16-13(5)14(11(2)3)10-15(16)17(20)21-6/h11-16,18-19H,7-10H2,1-6H3. The maximum absolute atomic E-state index is 12.0. The van der Waals surface area contributed by atoms with Crippen LogP contribution in [0.3, 0.4) is 0 Å². The van der Waals surface area contributed by atoms with E-state index < -0.39 is 0 Å². The van der Waals surface area contributed by atoms with Crippen molar-refractivity contribution in [2.75, 3.05) is 20.2 Å². The SMILES string of the molecule is CCC(C)NCCNC1C(C(=O)OC)CC(C(C)C)C1C. The molecule has 4 nitrogen and oxygen atoms in total. The first-order valence-electron chi connectivity index (χ1n) is 8.46. The van der Waals surface area contributed by atoms with Crippen LogP contribution >= 0.6 is 0 Å². The van der Waals surface area contributed by atoms with Gasteiger partial charge in [-0.05, 0) is 37.5 Å². The Hall–Kier alpha value is -0.610. The summed E-state index contributed by atoms with van der Waals surface area (Å²) < 4.78 is 5.01. The Balaban J connectivity index is 2.56. The fraction of sp³-hybridized carbons (Fsp3) is 0.941. The van der Waals surface area contributed by atoms with Gasteiger partial charge in [0.1, 0.15) is 0 Å². The molecular weight excluding hydrogens is 264 g/mol. The first kappa shape index (κ1) is 18.4. The molecule has 0 amide bonds. The molecule has 1 aliphatic carbocycles. The molecule has 0 saturated heterocycles. The van der Waals surface area contributed by atoms with E-state index in [4.69, 9.17) is 4.74 Å². The van der Waals surface area contributed by atoms with Gasteiger partial charge in [-0.1, -0.05) is 27.7 Å². The zero-order valence-corrected chi connectivity index (χ0v) is 14.6. The number of hydrogen-bond donors (Lipinski definition) is 2. The summed E-state index contributed by atoms with van der Waals surface area (Å²) in [7, 11) is 1.50. The molecule has 124 valence electrons. The van der Waals surface area contributed by atoms with Crippen LogP contribution in [0.15, 0.2) is 0 Å². The molecule has 5 unspecified atom stereocenters. The number of methoxy groups -OCH3 is 1. The second kappa shape index (κ2) is 8.74. The Morgan fingerprint density at radius 1 is 1.29 bits per heavy atom. The number of esters is 1. The van der Waals surface area contributed by atoms with Crippen LogP contribution < -0.4 is 10.6 Å². The van der Waals surface area contributed by atoms with Gasteiger partial charge in [0.05, 0.1) is 13.0 Å². The highest BCUT2D eigenvalue weighted by Crippen LogP contribution is 2.41. The number of ether oxygens (including phenoxy) is 1. The van der Waals surface area contributed by atoms with Gasteiger partial charge < -0.3 is 15.4 Å². The zero-order chi connectivity index (χ0) is 16.0.